The monoisotopic (exact) mass is 278 g/mol. The highest BCUT2D eigenvalue weighted by atomic mass is 16.5. The molecule has 0 unspecified atom stereocenters. The van der Waals surface area contributed by atoms with Gasteiger partial charge in [0.25, 0.3) is 0 Å². The molecule has 0 spiro atoms. The van der Waals surface area contributed by atoms with Crippen molar-refractivity contribution in [1.29, 1.82) is 0 Å². The van der Waals surface area contributed by atoms with Crippen LogP contribution in [0.1, 0.15) is 32.3 Å². The molecule has 0 aliphatic heterocycles. The van der Waals surface area contributed by atoms with Crippen LogP contribution in [0.15, 0.2) is 24.3 Å². The molecule has 0 heterocycles. The predicted octanol–water partition coefficient (Wildman–Crippen LogP) is 2.43. The van der Waals surface area contributed by atoms with Crippen molar-refractivity contribution in [1.82, 2.24) is 10.2 Å². The lowest BCUT2D eigenvalue weighted by Crippen LogP contribution is -2.37. The summed E-state index contributed by atoms with van der Waals surface area (Å²) in [5.41, 5.74) is 1.17. The molecule has 1 N–H and O–H groups in total. The lowest BCUT2D eigenvalue weighted by Gasteiger charge is -2.21. The van der Waals surface area contributed by atoms with Crippen LogP contribution < -0.4 is 10.1 Å². The highest BCUT2D eigenvalue weighted by molar-refractivity contribution is 5.77. The van der Waals surface area contributed by atoms with Crippen molar-refractivity contribution in [3.63, 3.8) is 0 Å². The lowest BCUT2D eigenvalue weighted by molar-refractivity contribution is -0.122. The molecular weight excluding hydrogens is 252 g/mol. The van der Waals surface area contributed by atoms with Gasteiger partial charge in [-0.25, -0.2) is 0 Å². The normalized spacial score (nSPS) is 10.6. The van der Waals surface area contributed by atoms with E-state index in [1.807, 2.05) is 18.2 Å². The van der Waals surface area contributed by atoms with Crippen LogP contribution >= 0.6 is 0 Å². The number of methoxy groups -OCH3 is 1. The fraction of sp³-hybridized carbons (Fsp3) is 0.562. The number of rotatable bonds is 9. The SMILES string of the molecule is CCCNC(=O)CN(CCC)Cc1cccc(OC)c1. The summed E-state index contributed by atoms with van der Waals surface area (Å²) >= 11 is 0. The maximum absolute atomic E-state index is 11.8. The van der Waals surface area contributed by atoms with Gasteiger partial charge in [0.2, 0.25) is 5.91 Å². The number of carbonyl (C=O) groups is 1. The third-order valence-corrected chi connectivity index (χ3v) is 3.02. The fourth-order valence-corrected chi connectivity index (χ4v) is 2.08. The van der Waals surface area contributed by atoms with Gasteiger partial charge in [0.1, 0.15) is 5.75 Å². The van der Waals surface area contributed by atoms with Crippen LogP contribution in [0.5, 0.6) is 5.75 Å². The molecular formula is C16H26N2O2. The Morgan fingerprint density at radius 1 is 1.30 bits per heavy atom. The van der Waals surface area contributed by atoms with E-state index >= 15 is 0 Å². The Bertz CT molecular complexity index is 407. The Morgan fingerprint density at radius 2 is 2.10 bits per heavy atom. The van der Waals surface area contributed by atoms with Crippen LogP contribution in [0.2, 0.25) is 0 Å². The number of nitrogens with zero attached hydrogens (tertiary/aromatic N) is 1. The van der Waals surface area contributed by atoms with Gasteiger partial charge in [0, 0.05) is 13.1 Å². The van der Waals surface area contributed by atoms with Crippen molar-refractivity contribution in [3.8, 4) is 5.75 Å². The molecule has 1 amide bonds. The predicted molar refractivity (Wildman–Crippen MR) is 81.9 cm³/mol. The van der Waals surface area contributed by atoms with Gasteiger partial charge in [-0.1, -0.05) is 26.0 Å². The standard InChI is InChI=1S/C16H26N2O2/c1-4-9-17-16(19)13-18(10-5-2)12-14-7-6-8-15(11-14)20-3/h6-8,11H,4-5,9-10,12-13H2,1-3H3,(H,17,19). The van der Waals surface area contributed by atoms with Crippen molar-refractivity contribution in [3.05, 3.63) is 29.8 Å². The topological polar surface area (TPSA) is 41.6 Å². The Balaban J connectivity index is 2.58. The zero-order chi connectivity index (χ0) is 14.8. The zero-order valence-electron chi connectivity index (χ0n) is 12.8. The molecule has 0 saturated heterocycles. The number of benzene rings is 1. The van der Waals surface area contributed by atoms with E-state index in [4.69, 9.17) is 4.74 Å². The number of amides is 1. The molecule has 0 aliphatic carbocycles. The fourth-order valence-electron chi connectivity index (χ4n) is 2.08. The summed E-state index contributed by atoms with van der Waals surface area (Å²) in [5.74, 6) is 0.956. The van der Waals surface area contributed by atoms with Gasteiger partial charge < -0.3 is 10.1 Å². The smallest absolute Gasteiger partial charge is 0.234 e. The number of carbonyl (C=O) groups excluding carboxylic acids is 1. The summed E-state index contributed by atoms with van der Waals surface area (Å²) < 4.78 is 5.23. The molecule has 4 heteroatoms. The van der Waals surface area contributed by atoms with E-state index in [1.54, 1.807) is 7.11 Å². The molecule has 0 fully saturated rings. The molecule has 0 bridgehead atoms. The molecule has 0 atom stereocenters. The molecule has 0 aromatic heterocycles. The largest absolute Gasteiger partial charge is 0.497 e. The van der Waals surface area contributed by atoms with Crippen molar-refractivity contribution in [2.75, 3.05) is 26.7 Å². The van der Waals surface area contributed by atoms with Crippen LogP contribution in [0.3, 0.4) is 0 Å². The Hall–Kier alpha value is -1.55. The van der Waals surface area contributed by atoms with Crippen LogP contribution in [-0.2, 0) is 11.3 Å². The van der Waals surface area contributed by atoms with Gasteiger partial charge in [-0.15, -0.1) is 0 Å². The quantitative estimate of drug-likeness (QED) is 0.754. The van der Waals surface area contributed by atoms with E-state index in [0.717, 1.165) is 38.2 Å². The van der Waals surface area contributed by atoms with Crippen LogP contribution in [0.25, 0.3) is 0 Å². The van der Waals surface area contributed by atoms with Gasteiger partial charge in [0.05, 0.1) is 13.7 Å². The number of hydrogen-bond acceptors (Lipinski definition) is 3. The second kappa shape index (κ2) is 9.37. The van der Waals surface area contributed by atoms with Crippen LogP contribution in [0, 0.1) is 0 Å². The first kappa shape index (κ1) is 16.5. The summed E-state index contributed by atoms with van der Waals surface area (Å²) in [5, 5.41) is 2.92. The first-order chi connectivity index (χ1) is 9.69. The zero-order valence-corrected chi connectivity index (χ0v) is 12.8. The van der Waals surface area contributed by atoms with Crippen LogP contribution in [0.4, 0.5) is 0 Å². The number of nitrogens with one attached hydrogen (secondary N) is 1. The Labute approximate surface area is 122 Å². The van der Waals surface area contributed by atoms with Crippen molar-refractivity contribution in [2.24, 2.45) is 0 Å². The summed E-state index contributed by atoms with van der Waals surface area (Å²) in [6, 6.07) is 8.00. The maximum atomic E-state index is 11.8. The summed E-state index contributed by atoms with van der Waals surface area (Å²) in [7, 11) is 1.67. The Morgan fingerprint density at radius 3 is 2.75 bits per heavy atom. The first-order valence-electron chi connectivity index (χ1n) is 7.31. The summed E-state index contributed by atoms with van der Waals surface area (Å²) in [6.45, 7) is 7.06. The van der Waals surface area contributed by atoms with E-state index < -0.39 is 0 Å². The van der Waals surface area contributed by atoms with Crippen molar-refractivity contribution in [2.45, 2.75) is 33.2 Å². The third-order valence-electron chi connectivity index (χ3n) is 3.02. The van der Waals surface area contributed by atoms with E-state index in [9.17, 15) is 4.79 Å². The molecule has 1 aromatic carbocycles. The van der Waals surface area contributed by atoms with Gasteiger partial charge in [0.15, 0.2) is 0 Å². The molecule has 0 radical (unpaired) electrons. The Kier molecular flexibility index (Phi) is 7.73. The molecule has 0 aliphatic rings. The van der Waals surface area contributed by atoms with Gasteiger partial charge in [-0.2, -0.15) is 0 Å². The molecule has 1 aromatic rings. The van der Waals surface area contributed by atoms with E-state index in [-0.39, 0.29) is 5.91 Å². The molecule has 1 rings (SSSR count). The third kappa shape index (κ3) is 6.06. The first-order valence-corrected chi connectivity index (χ1v) is 7.31. The highest BCUT2D eigenvalue weighted by Crippen LogP contribution is 2.14. The molecule has 20 heavy (non-hydrogen) atoms. The van der Waals surface area contributed by atoms with Crippen molar-refractivity contribution < 1.29 is 9.53 Å². The summed E-state index contributed by atoms with van der Waals surface area (Å²) in [4.78, 5) is 14.0. The van der Waals surface area contributed by atoms with E-state index in [1.165, 1.54) is 5.56 Å². The second-order valence-corrected chi connectivity index (χ2v) is 4.91. The minimum atomic E-state index is 0.100. The average molecular weight is 278 g/mol. The minimum absolute atomic E-state index is 0.100. The lowest BCUT2D eigenvalue weighted by atomic mass is 10.2. The van der Waals surface area contributed by atoms with Crippen molar-refractivity contribution >= 4 is 5.91 Å². The maximum Gasteiger partial charge on any atom is 0.234 e. The van der Waals surface area contributed by atoms with Gasteiger partial charge >= 0.3 is 0 Å². The molecule has 112 valence electrons. The summed E-state index contributed by atoms with van der Waals surface area (Å²) in [6.07, 6.45) is 2.00. The second-order valence-electron chi connectivity index (χ2n) is 4.91. The number of hydrogen-bond donors (Lipinski definition) is 1. The van der Waals surface area contributed by atoms with E-state index in [2.05, 4.69) is 30.1 Å². The van der Waals surface area contributed by atoms with Crippen LogP contribution in [-0.4, -0.2) is 37.6 Å². The van der Waals surface area contributed by atoms with E-state index in [0.29, 0.717) is 6.54 Å². The number of ether oxygens (including phenoxy) is 1. The average Bonchev–Trinajstić information content (AvgIpc) is 2.45. The highest BCUT2D eigenvalue weighted by Gasteiger charge is 2.10. The molecule has 4 nitrogen and oxygen atoms in total. The minimum Gasteiger partial charge on any atom is -0.497 e. The van der Waals surface area contributed by atoms with Gasteiger partial charge in [-0.3, -0.25) is 9.69 Å². The molecule has 0 saturated carbocycles. The van der Waals surface area contributed by atoms with Gasteiger partial charge in [-0.05, 0) is 37.1 Å².